The molecule has 0 atom stereocenters. The van der Waals surface area contributed by atoms with Gasteiger partial charge in [0, 0.05) is 17.1 Å². The monoisotopic (exact) mass is 209 g/mol. The van der Waals surface area contributed by atoms with E-state index in [0.717, 1.165) is 28.3 Å². The van der Waals surface area contributed by atoms with Crippen LogP contribution in [-0.2, 0) is 11.2 Å². The zero-order valence-corrected chi connectivity index (χ0v) is 9.03. The van der Waals surface area contributed by atoms with Gasteiger partial charge in [-0.05, 0) is 43.0 Å². The van der Waals surface area contributed by atoms with Crippen molar-refractivity contribution in [2.45, 2.75) is 26.7 Å². The number of nitrogens with one attached hydrogen (secondary N) is 1. The first-order valence-electron chi connectivity index (χ1n) is 4.68. The zero-order valence-electron chi connectivity index (χ0n) is 8.28. The average Bonchev–Trinajstić information content (AvgIpc) is 2.14. The first kappa shape index (κ1) is 9.53. The lowest BCUT2D eigenvalue weighted by atomic mass is 9.95. The summed E-state index contributed by atoms with van der Waals surface area (Å²) in [4.78, 5) is 11.2. The highest BCUT2D eigenvalue weighted by Crippen LogP contribution is 2.33. The molecule has 2 nitrogen and oxygen atoms in total. The second-order valence-electron chi connectivity index (χ2n) is 3.70. The van der Waals surface area contributed by atoms with E-state index in [1.807, 2.05) is 19.9 Å². The van der Waals surface area contributed by atoms with Crippen molar-refractivity contribution in [3.8, 4) is 0 Å². The van der Waals surface area contributed by atoms with E-state index in [1.165, 1.54) is 5.56 Å². The molecular formula is C11H12ClNO. The first-order valence-corrected chi connectivity index (χ1v) is 5.06. The standard InChI is InChI=1S/C11H12ClNO/c1-6-5-9(12)7(2)8-3-4-10(14)13-11(6)8/h5H,3-4H2,1-2H3,(H,13,14). The Morgan fingerprint density at radius 2 is 2.07 bits per heavy atom. The molecule has 1 aromatic carbocycles. The van der Waals surface area contributed by atoms with Crippen molar-refractivity contribution in [3.63, 3.8) is 0 Å². The van der Waals surface area contributed by atoms with Gasteiger partial charge in [0.25, 0.3) is 0 Å². The van der Waals surface area contributed by atoms with Crippen LogP contribution in [0.5, 0.6) is 0 Å². The van der Waals surface area contributed by atoms with Gasteiger partial charge in [-0.15, -0.1) is 0 Å². The summed E-state index contributed by atoms with van der Waals surface area (Å²) >= 11 is 6.07. The summed E-state index contributed by atoms with van der Waals surface area (Å²) in [5.74, 6) is 0.0994. The Morgan fingerprint density at radius 3 is 2.79 bits per heavy atom. The van der Waals surface area contributed by atoms with Crippen LogP contribution in [0.25, 0.3) is 0 Å². The van der Waals surface area contributed by atoms with Crippen molar-refractivity contribution in [2.75, 3.05) is 5.32 Å². The maximum absolute atomic E-state index is 11.2. The number of aryl methyl sites for hydroxylation is 1. The molecule has 0 bridgehead atoms. The first-order chi connectivity index (χ1) is 6.59. The average molecular weight is 210 g/mol. The number of benzene rings is 1. The van der Waals surface area contributed by atoms with Gasteiger partial charge in [-0.2, -0.15) is 0 Å². The van der Waals surface area contributed by atoms with Crippen LogP contribution in [0.2, 0.25) is 5.02 Å². The fourth-order valence-electron chi connectivity index (χ4n) is 1.87. The van der Waals surface area contributed by atoms with Crippen molar-refractivity contribution in [2.24, 2.45) is 0 Å². The number of carbonyl (C=O) groups is 1. The van der Waals surface area contributed by atoms with Gasteiger partial charge in [-0.1, -0.05) is 11.6 Å². The highest BCUT2D eigenvalue weighted by Gasteiger charge is 2.19. The molecule has 0 spiro atoms. The topological polar surface area (TPSA) is 29.1 Å². The number of amides is 1. The Hall–Kier alpha value is -1.02. The van der Waals surface area contributed by atoms with Crippen LogP contribution in [0.15, 0.2) is 6.07 Å². The lowest BCUT2D eigenvalue weighted by molar-refractivity contribution is -0.116. The molecule has 1 aliphatic heterocycles. The van der Waals surface area contributed by atoms with E-state index in [4.69, 9.17) is 11.6 Å². The van der Waals surface area contributed by atoms with E-state index in [1.54, 1.807) is 0 Å². The lowest BCUT2D eigenvalue weighted by Crippen LogP contribution is -2.20. The van der Waals surface area contributed by atoms with E-state index in [0.29, 0.717) is 6.42 Å². The van der Waals surface area contributed by atoms with Gasteiger partial charge in [0.05, 0.1) is 0 Å². The summed E-state index contributed by atoms with van der Waals surface area (Å²) in [5.41, 5.74) is 4.29. The minimum Gasteiger partial charge on any atom is -0.326 e. The van der Waals surface area contributed by atoms with Crippen molar-refractivity contribution in [3.05, 3.63) is 27.8 Å². The molecule has 1 heterocycles. The fraction of sp³-hybridized carbons (Fsp3) is 0.364. The molecule has 0 saturated heterocycles. The number of fused-ring (bicyclic) bond motifs is 1. The molecule has 1 aliphatic rings. The predicted octanol–water partition coefficient (Wildman–Crippen LogP) is 2.84. The number of rotatable bonds is 0. The van der Waals surface area contributed by atoms with E-state index in [9.17, 15) is 4.79 Å². The van der Waals surface area contributed by atoms with Gasteiger partial charge < -0.3 is 5.32 Å². The summed E-state index contributed by atoms with van der Waals surface area (Å²) in [5, 5.41) is 3.69. The molecule has 2 rings (SSSR count). The molecule has 1 aromatic rings. The van der Waals surface area contributed by atoms with Crippen LogP contribution < -0.4 is 5.32 Å². The molecule has 0 aliphatic carbocycles. The van der Waals surface area contributed by atoms with Crippen molar-refractivity contribution in [1.82, 2.24) is 0 Å². The number of halogens is 1. The van der Waals surface area contributed by atoms with E-state index < -0.39 is 0 Å². The van der Waals surface area contributed by atoms with E-state index in [-0.39, 0.29) is 5.91 Å². The van der Waals surface area contributed by atoms with Crippen LogP contribution in [0.4, 0.5) is 5.69 Å². The zero-order chi connectivity index (χ0) is 10.3. The molecule has 0 saturated carbocycles. The van der Waals surface area contributed by atoms with Gasteiger partial charge in [-0.3, -0.25) is 4.79 Å². The van der Waals surface area contributed by atoms with Gasteiger partial charge in [0.2, 0.25) is 5.91 Å². The molecule has 0 unspecified atom stereocenters. The summed E-state index contributed by atoms with van der Waals surface area (Å²) < 4.78 is 0. The molecule has 74 valence electrons. The minimum atomic E-state index is 0.0994. The Labute approximate surface area is 88.3 Å². The van der Waals surface area contributed by atoms with Crippen molar-refractivity contribution < 1.29 is 4.79 Å². The quantitative estimate of drug-likeness (QED) is 0.700. The highest BCUT2D eigenvalue weighted by atomic mass is 35.5. The SMILES string of the molecule is Cc1cc(Cl)c(C)c2c1NC(=O)CC2. The van der Waals surface area contributed by atoms with Crippen LogP contribution in [0, 0.1) is 13.8 Å². The largest absolute Gasteiger partial charge is 0.326 e. The van der Waals surface area contributed by atoms with Gasteiger partial charge in [-0.25, -0.2) is 0 Å². The number of carbonyl (C=O) groups excluding carboxylic acids is 1. The molecule has 0 fully saturated rings. The normalized spacial score (nSPS) is 14.9. The molecule has 1 amide bonds. The fourth-order valence-corrected chi connectivity index (χ4v) is 2.14. The Bertz CT molecular complexity index is 412. The van der Waals surface area contributed by atoms with Crippen molar-refractivity contribution in [1.29, 1.82) is 0 Å². The second-order valence-corrected chi connectivity index (χ2v) is 4.11. The third-order valence-electron chi connectivity index (χ3n) is 2.72. The Balaban J connectivity index is 2.62. The Kier molecular flexibility index (Phi) is 2.23. The van der Waals surface area contributed by atoms with Crippen LogP contribution in [0.3, 0.4) is 0 Å². The third-order valence-corrected chi connectivity index (χ3v) is 3.11. The second kappa shape index (κ2) is 3.28. The van der Waals surface area contributed by atoms with Gasteiger partial charge in [0.15, 0.2) is 0 Å². The molecule has 3 heteroatoms. The van der Waals surface area contributed by atoms with Crippen molar-refractivity contribution >= 4 is 23.2 Å². The maximum Gasteiger partial charge on any atom is 0.224 e. The number of hydrogen-bond donors (Lipinski definition) is 1. The maximum atomic E-state index is 11.2. The van der Waals surface area contributed by atoms with Crippen LogP contribution in [0.1, 0.15) is 23.1 Å². The summed E-state index contributed by atoms with van der Waals surface area (Å²) in [6.45, 7) is 3.97. The van der Waals surface area contributed by atoms with Gasteiger partial charge >= 0.3 is 0 Å². The molecular weight excluding hydrogens is 198 g/mol. The third kappa shape index (κ3) is 1.40. The molecule has 0 aromatic heterocycles. The Morgan fingerprint density at radius 1 is 1.36 bits per heavy atom. The summed E-state index contributed by atoms with van der Waals surface area (Å²) in [7, 11) is 0. The summed E-state index contributed by atoms with van der Waals surface area (Å²) in [6.07, 6.45) is 1.36. The minimum absolute atomic E-state index is 0.0994. The van der Waals surface area contributed by atoms with Gasteiger partial charge in [0.1, 0.15) is 0 Å². The van der Waals surface area contributed by atoms with E-state index in [2.05, 4.69) is 5.32 Å². The molecule has 0 radical (unpaired) electrons. The van der Waals surface area contributed by atoms with Crippen LogP contribution in [-0.4, -0.2) is 5.91 Å². The highest BCUT2D eigenvalue weighted by molar-refractivity contribution is 6.31. The summed E-state index contributed by atoms with van der Waals surface area (Å²) in [6, 6.07) is 1.90. The lowest BCUT2D eigenvalue weighted by Gasteiger charge is -2.21. The van der Waals surface area contributed by atoms with Crippen LogP contribution >= 0.6 is 11.6 Å². The molecule has 1 N–H and O–H groups in total. The smallest absolute Gasteiger partial charge is 0.224 e. The predicted molar refractivity (Wildman–Crippen MR) is 57.9 cm³/mol. The molecule has 14 heavy (non-hydrogen) atoms. The number of anilines is 1. The number of hydrogen-bond acceptors (Lipinski definition) is 1. The van der Waals surface area contributed by atoms with E-state index >= 15 is 0 Å².